The molecular formula is C18H27N3O2. The highest BCUT2D eigenvalue weighted by Crippen LogP contribution is 2.22. The van der Waals surface area contributed by atoms with Gasteiger partial charge in [-0.2, -0.15) is 0 Å². The molecule has 126 valence electrons. The minimum absolute atomic E-state index is 0.251. The van der Waals surface area contributed by atoms with Crippen molar-refractivity contribution in [1.82, 2.24) is 10.6 Å². The van der Waals surface area contributed by atoms with E-state index in [9.17, 15) is 5.11 Å². The first-order valence-corrected chi connectivity index (χ1v) is 8.21. The minimum Gasteiger partial charge on any atom is -0.508 e. The Morgan fingerprint density at radius 2 is 2.17 bits per heavy atom. The Hall–Kier alpha value is -2.17. The van der Waals surface area contributed by atoms with Crippen LogP contribution in [-0.4, -0.2) is 31.8 Å². The van der Waals surface area contributed by atoms with Crippen molar-refractivity contribution in [2.24, 2.45) is 4.99 Å². The standard InChI is InChI=1S/C18H27N3O2/c1-19-18(20-11-10-14-6-4-3-5-7-14)21-13-15-12-16(23-2)8-9-17(15)22/h6,8-9,12,22H,3-5,7,10-11,13H2,1-2H3,(H2,19,20,21). The number of aromatic hydroxyl groups is 1. The molecule has 0 saturated carbocycles. The second-order valence-corrected chi connectivity index (χ2v) is 5.71. The molecule has 0 aromatic heterocycles. The molecule has 5 nitrogen and oxygen atoms in total. The third-order valence-corrected chi connectivity index (χ3v) is 4.08. The summed E-state index contributed by atoms with van der Waals surface area (Å²) in [5.41, 5.74) is 2.33. The van der Waals surface area contributed by atoms with Gasteiger partial charge in [-0.25, -0.2) is 0 Å². The second-order valence-electron chi connectivity index (χ2n) is 5.71. The molecule has 0 fully saturated rings. The van der Waals surface area contributed by atoms with Gasteiger partial charge in [0.05, 0.1) is 7.11 Å². The molecule has 0 aliphatic heterocycles. The monoisotopic (exact) mass is 317 g/mol. The van der Waals surface area contributed by atoms with Crippen molar-refractivity contribution in [2.45, 2.75) is 38.6 Å². The average molecular weight is 317 g/mol. The Morgan fingerprint density at radius 1 is 1.30 bits per heavy atom. The number of rotatable bonds is 6. The Balaban J connectivity index is 1.79. The van der Waals surface area contributed by atoms with Crippen molar-refractivity contribution in [1.29, 1.82) is 0 Å². The van der Waals surface area contributed by atoms with Crippen LogP contribution in [0, 0.1) is 0 Å². The SMILES string of the molecule is CN=C(NCCC1=CCCCC1)NCc1cc(OC)ccc1O. The van der Waals surface area contributed by atoms with E-state index >= 15 is 0 Å². The maximum Gasteiger partial charge on any atom is 0.191 e. The van der Waals surface area contributed by atoms with Gasteiger partial charge in [0.2, 0.25) is 0 Å². The van der Waals surface area contributed by atoms with E-state index in [-0.39, 0.29) is 5.75 Å². The zero-order valence-electron chi connectivity index (χ0n) is 14.1. The molecule has 0 radical (unpaired) electrons. The predicted molar refractivity (Wildman–Crippen MR) is 94.0 cm³/mol. The summed E-state index contributed by atoms with van der Waals surface area (Å²) in [4.78, 5) is 4.22. The van der Waals surface area contributed by atoms with Gasteiger partial charge < -0.3 is 20.5 Å². The van der Waals surface area contributed by atoms with E-state index in [0.717, 1.165) is 30.2 Å². The summed E-state index contributed by atoms with van der Waals surface area (Å²) in [5, 5.41) is 16.4. The minimum atomic E-state index is 0.251. The molecule has 0 bridgehead atoms. The van der Waals surface area contributed by atoms with Crippen LogP contribution in [0.2, 0.25) is 0 Å². The predicted octanol–water partition coefficient (Wildman–Crippen LogP) is 2.96. The summed E-state index contributed by atoms with van der Waals surface area (Å²) in [5.74, 6) is 1.72. The maximum atomic E-state index is 9.90. The number of nitrogens with zero attached hydrogens (tertiary/aromatic N) is 1. The van der Waals surface area contributed by atoms with Gasteiger partial charge in [-0.05, 0) is 50.3 Å². The van der Waals surface area contributed by atoms with Crippen molar-refractivity contribution >= 4 is 5.96 Å². The molecule has 1 aliphatic rings. The highest BCUT2D eigenvalue weighted by Gasteiger charge is 2.06. The highest BCUT2D eigenvalue weighted by atomic mass is 16.5. The van der Waals surface area contributed by atoms with Crippen LogP contribution >= 0.6 is 0 Å². The Bertz CT molecular complexity index is 567. The number of allylic oxidation sites excluding steroid dienone is 1. The van der Waals surface area contributed by atoms with Crippen molar-refractivity contribution in [2.75, 3.05) is 20.7 Å². The number of phenolic OH excluding ortho intramolecular Hbond substituents is 1. The number of methoxy groups -OCH3 is 1. The summed E-state index contributed by atoms with van der Waals surface area (Å²) in [6.07, 6.45) is 8.52. The first kappa shape index (κ1) is 17.2. The van der Waals surface area contributed by atoms with Gasteiger partial charge in [-0.15, -0.1) is 0 Å². The molecule has 1 aromatic rings. The number of aliphatic imine (C=N–C) groups is 1. The fraction of sp³-hybridized carbons (Fsp3) is 0.500. The molecule has 23 heavy (non-hydrogen) atoms. The Kier molecular flexibility index (Phi) is 6.78. The first-order chi connectivity index (χ1) is 11.2. The van der Waals surface area contributed by atoms with Crippen molar-refractivity contribution in [3.63, 3.8) is 0 Å². The lowest BCUT2D eigenvalue weighted by molar-refractivity contribution is 0.410. The number of guanidine groups is 1. The van der Waals surface area contributed by atoms with E-state index in [2.05, 4.69) is 21.7 Å². The van der Waals surface area contributed by atoms with Gasteiger partial charge in [0.15, 0.2) is 5.96 Å². The van der Waals surface area contributed by atoms with Gasteiger partial charge in [0.25, 0.3) is 0 Å². The van der Waals surface area contributed by atoms with Crippen LogP contribution < -0.4 is 15.4 Å². The number of benzene rings is 1. The fourth-order valence-electron chi connectivity index (χ4n) is 2.70. The third-order valence-electron chi connectivity index (χ3n) is 4.08. The molecule has 0 amide bonds. The summed E-state index contributed by atoms with van der Waals surface area (Å²) in [7, 11) is 3.37. The molecule has 0 atom stereocenters. The molecule has 0 unspecified atom stereocenters. The maximum absolute atomic E-state index is 9.90. The zero-order chi connectivity index (χ0) is 16.5. The molecule has 1 aliphatic carbocycles. The van der Waals surface area contributed by atoms with Crippen LogP contribution in [0.5, 0.6) is 11.5 Å². The van der Waals surface area contributed by atoms with Crippen molar-refractivity contribution in [3.8, 4) is 11.5 Å². The number of hydrogen-bond acceptors (Lipinski definition) is 3. The summed E-state index contributed by atoms with van der Waals surface area (Å²) >= 11 is 0. The number of nitrogens with one attached hydrogen (secondary N) is 2. The quantitative estimate of drug-likeness (QED) is 0.429. The van der Waals surface area contributed by atoms with Crippen molar-refractivity contribution < 1.29 is 9.84 Å². The summed E-state index contributed by atoms with van der Waals surface area (Å²) in [6, 6.07) is 5.20. The van der Waals surface area contributed by atoms with Crippen LogP contribution in [-0.2, 0) is 6.54 Å². The molecule has 0 saturated heterocycles. The van der Waals surface area contributed by atoms with E-state index in [1.54, 1.807) is 31.9 Å². The zero-order valence-corrected chi connectivity index (χ0v) is 14.1. The number of ether oxygens (including phenoxy) is 1. The lowest BCUT2D eigenvalue weighted by atomic mass is 9.97. The smallest absolute Gasteiger partial charge is 0.191 e. The van der Waals surface area contributed by atoms with Gasteiger partial charge in [0, 0.05) is 25.7 Å². The van der Waals surface area contributed by atoms with Crippen LogP contribution in [0.25, 0.3) is 0 Å². The van der Waals surface area contributed by atoms with Crippen LogP contribution in [0.1, 0.15) is 37.7 Å². The van der Waals surface area contributed by atoms with Gasteiger partial charge in [0.1, 0.15) is 11.5 Å². The first-order valence-electron chi connectivity index (χ1n) is 8.21. The fourth-order valence-corrected chi connectivity index (χ4v) is 2.70. The lowest BCUT2D eigenvalue weighted by Crippen LogP contribution is -2.37. The normalized spacial score (nSPS) is 15.0. The highest BCUT2D eigenvalue weighted by molar-refractivity contribution is 5.79. The number of hydrogen-bond donors (Lipinski definition) is 3. The van der Waals surface area contributed by atoms with Gasteiger partial charge in [-0.1, -0.05) is 11.6 Å². The van der Waals surface area contributed by atoms with Crippen LogP contribution in [0.3, 0.4) is 0 Å². The molecule has 5 heteroatoms. The Morgan fingerprint density at radius 3 is 2.87 bits per heavy atom. The molecule has 1 aromatic carbocycles. The summed E-state index contributed by atoms with van der Waals surface area (Å²) in [6.45, 7) is 1.36. The lowest BCUT2D eigenvalue weighted by Gasteiger charge is -2.15. The van der Waals surface area contributed by atoms with E-state index in [1.807, 2.05) is 6.07 Å². The number of phenols is 1. The molecular weight excluding hydrogens is 290 g/mol. The second kappa shape index (κ2) is 9.08. The average Bonchev–Trinajstić information content (AvgIpc) is 2.60. The summed E-state index contributed by atoms with van der Waals surface area (Å²) < 4.78 is 5.18. The van der Waals surface area contributed by atoms with E-state index in [4.69, 9.17) is 4.74 Å². The van der Waals surface area contributed by atoms with Gasteiger partial charge in [-0.3, -0.25) is 4.99 Å². The molecule has 3 N–H and O–H groups in total. The Labute approximate surface area is 138 Å². The van der Waals surface area contributed by atoms with E-state index in [0.29, 0.717) is 6.54 Å². The molecule has 2 rings (SSSR count). The molecule has 0 spiro atoms. The molecule has 0 heterocycles. The van der Waals surface area contributed by atoms with E-state index in [1.165, 1.54) is 25.7 Å². The largest absolute Gasteiger partial charge is 0.508 e. The van der Waals surface area contributed by atoms with Crippen molar-refractivity contribution in [3.05, 3.63) is 35.4 Å². The third kappa shape index (κ3) is 5.51. The van der Waals surface area contributed by atoms with E-state index < -0.39 is 0 Å². The van der Waals surface area contributed by atoms with Crippen LogP contribution in [0.4, 0.5) is 0 Å². The topological polar surface area (TPSA) is 65.9 Å². The van der Waals surface area contributed by atoms with Crippen LogP contribution in [0.15, 0.2) is 34.8 Å². The van der Waals surface area contributed by atoms with Gasteiger partial charge >= 0.3 is 0 Å².